The van der Waals surface area contributed by atoms with Crippen LogP contribution in [0.4, 0.5) is 11.5 Å². The van der Waals surface area contributed by atoms with Gasteiger partial charge < -0.3 is 15.5 Å². The molecule has 0 bridgehead atoms. The lowest BCUT2D eigenvalue weighted by molar-refractivity contribution is 0.0952. The fourth-order valence-electron chi connectivity index (χ4n) is 2.11. The molecule has 2 N–H and O–H groups in total. The van der Waals surface area contributed by atoms with Crippen LogP contribution in [-0.4, -0.2) is 43.0 Å². The van der Waals surface area contributed by atoms with Gasteiger partial charge in [-0.2, -0.15) is 0 Å². The summed E-state index contributed by atoms with van der Waals surface area (Å²) in [5, 5.41) is 7.05. The summed E-state index contributed by atoms with van der Waals surface area (Å²) in [6.45, 7) is 1.56. The summed E-state index contributed by atoms with van der Waals surface area (Å²) in [6, 6.07) is 8.50. The van der Waals surface area contributed by atoms with Gasteiger partial charge in [-0.05, 0) is 57.4 Å². The number of halogens is 2. The lowest BCUT2D eigenvalue weighted by Crippen LogP contribution is -2.27. The number of aromatic nitrogens is 1. The summed E-state index contributed by atoms with van der Waals surface area (Å²) in [5.41, 5.74) is 1.26. The van der Waals surface area contributed by atoms with Crippen molar-refractivity contribution >= 4 is 40.6 Å². The third kappa shape index (κ3) is 6.00. The average molecular weight is 367 g/mol. The molecule has 2 rings (SSSR count). The van der Waals surface area contributed by atoms with Gasteiger partial charge in [0.05, 0.1) is 0 Å². The normalized spacial score (nSPS) is 10.7. The number of hydrogen-bond acceptors (Lipinski definition) is 4. The number of benzene rings is 1. The molecule has 0 spiro atoms. The number of carbonyl (C=O) groups excluding carboxylic acids is 1. The first-order valence-electron chi connectivity index (χ1n) is 7.56. The smallest absolute Gasteiger partial charge is 0.251 e. The standard InChI is InChI=1S/C17H20Cl2N4O/c1-23(2)7-3-5-21-17(24)12-4-6-20-16(8-12)22-15-10-13(18)9-14(19)11-15/h4,6,8-11H,3,5,7H2,1-2H3,(H,20,22)(H,21,24). The highest BCUT2D eigenvalue weighted by atomic mass is 35.5. The topological polar surface area (TPSA) is 57.3 Å². The minimum Gasteiger partial charge on any atom is -0.352 e. The fraction of sp³-hybridized carbons (Fsp3) is 0.294. The quantitative estimate of drug-likeness (QED) is 0.731. The number of rotatable bonds is 7. The molecule has 0 saturated carbocycles. The zero-order valence-corrected chi connectivity index (χ0v) is 15.2. The van der Waals surface area contributed by atoms with E-state index in [1.165, 1.54) is 0 Å². The van der Waals surface area contributed by atoms with Crippen LogP contribution in [0.3, 0.4) is 0 Å². The minimum atomic E-state index is -0.122. The van der Waals surface area contributed by atoms with Crippen LogP contribution in [0.25, 0.3) is 0 Å². The lowest BCUT2D eigenvalue weighted by atomic mass is 10.2. The molecule has 0 fully saturated rings. The van der Waals surface area contributed by atoms with Gasteiger partial charge in [0.2, 0.25) is 0 Å². The summed E-state index contributed by atoms with van der Waals surface area (Å²) in [4.78, 5) is 18.5. The lowest BCUT2D eigenvalue weighted by Gasteiger charge is -2.11. The highest BCUT2D eigenvalue weighted by Crippen LogP contribution is 2.24. The van der Waals surface area contributed by atoms with Crippen molar-refractivity contribution in [1.29, 1.82) is 0 Å². The van der Waals surface area contributed by atoms with Gasteiger partial charge in [-0.15, -0.1) is 0 Å². The third-order valence-electron chi connectivity index (χ3n) is 3.22. The van der Waals surface area contributed by atoms with Gasteiger partial charge in [-0.3, -0.25) is 4.79 Å². The van der Waals surface area contributed by atoms with Gasteiger partial charge in [0.25, 0.3) is 5.91 Å². The van der Waals surface area contributed by atoms with Crippen molar-refractivity contribution in [2.45, 2.75) is 6.42 Å². The van der Waals surface area contributed by atoms with Crippen molar-refractivity contribution in [3.8, 4) is 0 Å². The Bertz CT molecular complexity index is 686. The van der Waals surface area contributed by atoms with E-state index in [9.17, 15) is 4.79 Å². The van der Waals surface area contributed by atoms with E-state index < -0.39 is 0 Å². The molecule has 128 valence electrons. The molecular formula is C17H20Cl2N4O. The molecule has 0 radical (unpaired) electrons. The molecule has 5 nitrogen and oxygen atoms in total. The van der Waals surface area contributed by atoms with Crippen LogP contribution < -0.4 is 10.6 Å². The van der Waals surface area contributed by atoms with Crippen LogP contribution in [0.2, 0.25) is 10.0 Å². The molecule has 0 aliphatic carbocycles. The molecule has 0 saturated heterocycles. The van der Waals surface area contributed by atoms with Crippen LogP contribution >= 0.6 is 23.2 Å². The number of pyridine rings is 1. The number of nitrogens with one attached hydrogen (secondary N) is 2. The second kappa shape index (κ2) is 8.87. The second-order valence-electron chi connectivity index (χ2n) is 5.63. The third-order valence-corrected chi connectivity index (χ3v) is 3.66. The zero-order valence-electron chi connectivity index (χ0n) is 13.6. The second-order valence-corrected chi connectivity index (χ2v) is 6.50. The van der Waals surface area contributed by atoms with Crippen LogP contribution in [0.15, 0.2) is 36.5 Å². The Morgan fingerprint density at radius 1 is 1.17 bits per heavy atom. The summed E-state index contributed by atoms with van der Waals surface area (Å²) >= 11 is 12.0. The highest BCUT2D eigenvalue weighted by molar-refractivity contribution is 6.35. The predicted molar refractivity (Wildman–Crippen MR) is 99.5 cm³/mol. The predicted octanol–water partition coefficient (Wildman–Crippen LogP) is 3.81. The number of carbonyl (C=O) groups is 1. The van der Waals surface area contributed by atoms with E-state index in [1.54, 1.807) is 36.5 Å². The first kappa shape index (κ1) is 18.5. The van der Waals surface area contributed by atoms with Crippen LogP contribution in [-0.2, 0) is 0 Å². The molecule has 2 aromatic rings. The summed E-state index contributed by atoms with van der Waals surface area (Å²) in [6.07, 6.45) is 2.49. The average Bonchev–Trinajstić information content (AvgIpc) is 2.50. The number of hydrogen-bond donors (Lipinski definition) is 2. The molecule has 0 atom stereocenters. The van der Waals surface area contributed by atoms with Gasteiger partial charge in [-0.1, -0.05) is 23.2 Å². The SMILES string of the molecule is CN(C)CCCNC(=O)c1ccnc(Nc2cc(Cl)cc(Cl)c2)c1. The Morgan fingerprint density at radius 2 is 1.88 bits per heavy atom. The zero-order chi connectivity index (χ0) is 17.5. The number of nitrogens with zero attached hydrogens (tertiary/aromatic N) is 2. The van der Waals surface area contributed by atoms with Gasteiger partial charge in [-0.25, -0.2) is 4.98 Å². The molecular weight excluding hydrogens is 347 g/mol. The van der Waals surface area contributed by atoms with Gasteiger partial charge in [0.15, 0.2) is 0 Å². The van der Waals surface area contributed by atoms with Crippen molar-refractivity contribution in [2.24, 2.45) is 0 Å². The van der Waals surface area contributed by atoms with Crippen molar-refractivity contribution in [3.63, 3.8) is 0 Å². The van der Waals surface area contributed by atoms with E-state index >= 15 is 0 Å². The largest absolute Gasteiger partial charge is 0.352 e. The van der Waals surface area contributed by atoms with Crippen molar-refractivity contribution < 1.29 is 4.79 Å². The number of anilines is 2. The maximum atomic E-state index is 12.2. The van der Waals surface area contributed by atoms with Crippen LogP contribution in [0.1, 0.15) is 16.8 Å². The van der Waals surface area contributed by atoms with Crippen molar-refractivity contribution in [3.05, 3.63) is 52.1 Å². The maximum absolute atomic E-state index is 12.2. The highest BCUT2D eigenvalue weighted by Gasteiger charge is 2.07. The molecule has 24 heavy (non-hydrogen) atoms. The van der Waals surface area contributed by atoms with Crippen LogP contribution in [0.5, 0.6) is 0 Å². The van der Waals surface area contributed by atoms with E-state index in [-0.39, 0.29) is 5.91 Å². The molecule has 1 heterocycles. The Hall–Kier alpha value is -1.82. The van der Waals surface area contributed by atoms with E-state index in [1.807, 2.05) is 14.1 Å². The fourth-order valence-corrected chi connectivity index (χ4v) is 2.64. The van der Waals surface area contributed by atoms with Crippen molar-refractivity contribution in [1.82, 2.24) is 15.2 Å². The first-order chi connectivity index (χ1) is 11.4. The molecule has 0 aliphatic rings. The van der Waals surface area contributed by atoms with Gasteiger partial charge >= 0.3 is 0 Å². The molecule has 1 aromatic carbocycles. The summed E-state index contributed by atoms with van der Waals surface area (Å²) < 4.78 is 0. The van der Waals surface area contributed by atoms with Gasteiger partial charge in [0.1, 0.15) is 5.82 Å². The van der Waals surface area contributed by atoms with E-state index in [0.29, 0.717) is 33.7 Å². The Kier molecular flexibility index (Phi) is 6.85. The van der Waals surface area contributed by atoms with Gasteiger partial charge in [0, 0.05) is 34.0 Å². The minimum absolute atomic E-state index is 0.122. The summed E-state index contributed by atoms with van der Waals surface area (Å²) in [7, 11) is 4.01. The first-order valence-corrected chi connectivity index (χ1v) is 8.32. The molecule has 0 unspecified atom stereocenters. The number of amides is 1. The van der Waals surface area contributed by atoms with Crippen molar-refractivity contribution in [2.75, 3.05) is 32.5 Å². The Labute approximate surface area is 152 Å². The molecule has 0 aliphatic heterocycles. The molecule has 7 heteroatoms. The Balaban J connectivity index is 1.99. The van der Waals surface area contributed by atoms with E-state index in [0.717, 1.165) is 13.0 Å². The molecule has 1 amide bonds. The monoisotopic (exact) mass is 366 g/mol. The summed E-state index contributed by atoms with van der Waals surface area (Å²) in [5.74, 6) is 0.428. The maximum Gasteiger partial charge on any atom is 0.251 e. The van der Waals surface area contributed by atoms with Crippen LogP contribution in [0, 0.1) is 0 Å². The van der Waals surface area contributed by atoms with E-state index in [4.69, 9.17) is 23.2 Å². The van der Waals surface area contributed by atoms with E-state index in [2.05, 4.69) is 20.5 Å². The Morgan fingerprint density at radius 3 is 2.54 bits per heavy atom. The molecule has 1 aromatic heterocycles.